The van der Waals surface area contributed by atoms with E-state index in [1.54, 1.807) is 0 Å². The summed E-state index contributed by atoms with van der Waals surface area (Å²) in [5.41, 5.74) is 0.339. The van der Waals surface area contributed by atoms with E-state index in [-0.39, 0.29) is 17.9 Å². The molecule has 0 bridgehead atoms. The number of rotatable bonds is 5. The zero-order valence-electron chi connectivity index (χ0n) is 11.1. The van der Waals surface area contributed by atoms with Crippen molar-refractivity contribution in [2.75, 3.05) is 7.11 Å². The summed E-state index contributed by atoms with van der Waals surface area (Å²) in [6.07, 6.45) is 0. The third-order valence-corrected chi connectivity index (χ3v) is 2.80. The molecule has 0 spiro atoms. The molecule has 110 valence electrons. The standard InChI is InChI=1S/C15H12F2O4/c1-20-10-3-4-11(15(18)19)14(7-10)21-8-9-2-5-12(16)13(17)6-9/h2-7H,8H2,1H3,(H,18,19). The van der Waals surface area contributed by atoms with Gasteiger partial charge in [-0.25, -0.2) is 13.6 Å². The van der Waals surface area contributed by atoms with Gasteiger partial charge in [-0.1, -0.05) is 6.07 Å². The van der Waals surface area contributed by atoms with Gasteiger partial charge >= 0.3 is 5.97 Å². The van der Waals surface area contributed by atoms with E-state index in [4.69, 9.17) is 14.6 Å². The Hall–Kier alpha value is -2.63. The number of carbonyl (C=O) groups is 1. The Morgan fingerprint density at radius 3 is 2.52 bits per heavy atom. The first kappa shape index (κ1) is 14.8. The van der Waals surface area contributed by atoms with Crippen LogP contribution in [0.1, 0.15) is 15.9 Å². The van der Waals surface area contributed by atoms with Crippen LogP contribution < -0.4 is 9.47 Å². The Balaban J connectivity index is 2.21. The smallest absolute Gasteiger partial charge is 0.339 e. The molecule has 0 amide bonds. The Kier molecular flexibility index (Phi) is 4.37. The van der Waals surface area contributed by atoms with Gasteiger partial charge in [0.25, 0.3) is 0 Å². The zero-order valence-corrected chi connectivity index (χ0v) is 11.1. The molecule has 0 radical (unpaired) electrons. The number of carboxylic acid groups (broad SMARTS) is 1. The van der Waals surface area contributed by atoms with Crippen LogP contribution in [0, 0.1) is 11.6 Å². The van der Waals surface area contributed by atoms with Crippen molar-refractivity contribution >= 4 is 5.97 Å². The lowest BCUT2D eigenvalue weighted by Gasteiger charge is -2.11. The van der Waals surface area contributed by atoms with E-state index in [2.05, 4.69) is 0 Å². The number of aromatic carboxylic acids is 1. The van der Waals surface area contributed by atoms with Crippen molar-refractivity contribution in [2.24, 2.45) is 0 Å². The van der Waals surface area contributed by atoms with E-state index < -0.39 is 17.6 Å². The van der Waals surface area contributed by atoms with E-state index in [9.17, 15) is 13.6 Å². The highest BCUT2D eigenvalue weighted by molar-refractivity contribution is 5.91. The fourth-order valence-electron chi connectivity index (χ4n) is 1.72. The average molecular weight is 294 g/mol. The molecule has 6 heteroatoms. The molecule has 0 aromatic heterocycles. The minimum atomic E-state index is -1.15. The van der Waals surface area contributed by atoms with Gasteiger partial charge in [0.15, 0.2) is 11.6 Å². The Bertz CT molecular complexity index is 671. The molecule has 4 nitrogen and oxygen atoms in total. The van der Waals surface area contributed by atoms with Crippen molar-refractivity contribution in [3.8, 4) is 11.5 Å². The molecule has 0 unspecified atom stereocenters. The second-order valence-corrected chi connectivity index (χ2v) is 4.20. The number of hydrogen-bond acceptors (Lipinski definition) is 3. The highest BCUT2D eigenvalue weighted by Crippen LogP contribution is 2.26. The number of carboxylic acids is 1. The first-order chi connectivity index (χ1) is 10.0. The fourth-order valence-corrected chi connectivity index (χ4v) is 1.72. The summed E-state index contributed by atoms with van der Waals surface area (Å²) in [6.45, 7) is -0.0926. The molecule has 0 saturated heterocycles. The molecule has 0 atom stereocenters. The molecule has 2 aromatic rings. The molecule has 2 rings (SSSR count). The van der Waals surface area contributed by atoms with Crippen molar-refractivity contribution in [3.63, 3.8) is 0 Å². The zero-order chi connectivity index (χ0) is 15.4. The second-order valence-electron chi connectivity index (χ2n) is 4.20. The maximum absolute atomic E-state index is 13.1. The summed E-state index contributed by atoms with van der Waals surface area (Å²) in [7, 11) is 1.44. The SMILES string of the molecule is COc1ccc(C(=O)O)c(OCc2ccc(F)c(F)c2)c1. The van der Waals surface area contributed by atoms with Gasteiger partial charge < -0.3 is 14.6 Å². The van der Waals surface area contributed by atoms with E-state index >= 15 is 0 Å². The molecule has 0 saturated carbocycles. The van der Waals surface area contributed by atoms with Crippen LogP contribution in [-0.4, -0.2) is 18.2 Å². The lowest BCUT2D eigenvalue weighted by atomic mass is 10.2. The minimum Gasteiger partial charge on any atom is -0.497 e. The number of methoxy groups -OCH3 is 1. The summed E-state index contributed by atoms with van der Waals surface area (Å²) in [4.78, 5) is 11.1. The number of hydrogen-bond donors (Lipinski definition) is 1. The van der Waals surface area contributed by atoms with Gasteiger partial charge in [-0.05, 0) is 29.8 Å². The van der Waals surface area contributed by atoms with Gasteiger partial charge in [0.1, 0.15) is 23.7 Å². The Morgan fingerprint density at radius 1 is 1.14 bits per heavy atom. The van der Waals surface area contributed by atoms with E-state index in [1.165, 1.54) is 31.4 Å². The summed E-state index contributed by atoms with van der Waals surface area (Å²) >= 11 is 0. The summed E-state index contributed by atoms with van der Waals surface area (Å²) in [5, 5.41) is 9.08. The van der Waals surface area contributed by atoms with Crippen molar-refractivity contribution in [1.82, 2.24) is 0 Å². The van der Waals surface area contributed by atoms with E-state index in [1.807, 2.05) is 0 Å². The Morgan fingerprint density at radius 2 is 1.90 bits per heavy atom. The van der Waals surface area contributed by atoms with Crippen molar-refractivity contribution in [3.05, 3.63) is 59.2 Å². The molecule has 0 fully saturated rings. The van der Waals surface area contributed by atoms with Crippen molar-refractivity contribution in [1.29, 1.82) is 0 Å². The van der Waals surface area contributed by atoms with Gasteiger partial charge in [0, 0.05) is 6.07 Å². The Labute approximate surface area is 119 Å². The first-order valence-corrected chi connectivity index (χ1v) is 5.99. The van der Waals surface area contributed by atoms with Gasteiger partial charge in [-0.2, -0.15) is 0 Å². The van der Waals surface area contributed by atoms with Crippen LogP contribution in [0.25, 0.3) is 0 Å². The molecule has 0 heterocycles. The quantitative estimate of drug-likeness (QED) is 0.919. The lowest BCUT2D eigenvalue weighted by molar-refractivity contribution is 0.0691. The predicted octanol–water partition coefficient (Wildman–Crippen LogP) is 3.25. The van der Waals surface area contributed by atoms with Crippen LogP contribution in [0.4, 0.5) is 8.78 Å². The van der Waals surface area contributed by atoms with Crippen LogP contribution in [0.3, 0.4) is 0 Å². The van der Waals surface area contributed by atoms with Gasteiger partial charge in [0.2, 0.25) is 0 Å². The maximum atomic E-state index is 13.1. The molecular weight excluding hydrogens is 282 g/mol. The molecular formula is C15H12F2O4. The number of ether oxygens (including phenoxy) is 2. The fraction of sp³-hybridized carbons (Fsp3) is 0.133. The lowest BCUT2D eigenvalue weighted by Crippen LogP contribution is -2.04. The van der Waals surface area contributed by atoms with Crippen LogP contribution in [0.2, 0.25) is 0 Å². The van der Waals surface area contributed by atoms with Gasteiger partial charge in [-0.3, -0.25) is 0 Å². The minimum absolute atomic E-state index is 0.0432. The van der Waals surface area contributed by atoms with Crippen LogP contribution >= 0.6 is 0 Å². The molecule has 0 aliphatic rings. The number of halogens is 2. The topological polar surface area (TPSA) is 55.8 Å². The van der Waals surface area contributed by atoms with Gasteiger partial charge in [-0.15, -0.1) is 0 Å². The summed E-state index contributed by atoms with van der Waals surface area (Å²) in [6, 6.07) is 7.60. The van der Waals surface area contributed by atoms with Crippen molar-refractivity contribution < 1.29 is 28.2 Å². The summed E-state index contributed by atoms with van der Waals surface area (Å²) in [5.74, 6) is -2.57. The highest BCUT2D eigenvalue weighted by atomic mass is 19.2. The predicted molar refractivity (Wildman–Crippen MR) is 70.6 cm³/mol. The molecule has 1 N–H and O–H groups in total. The van der Waals surface area contributed by atoms with Crippen LogP contribution in [0.5, 0.6) is 11.5 Å². The first-order valence-electron chi connectivity index (χ1n) is 5.99. The van der Waals surface area contributed by atoms with Gasteiger partial charge in [0.05, 0.1) is 7.11 Å². The largest absolute Gasteiger partial charge is 0.497 e. The number of benzene rings is 2. The van der Waals surface area contributed by atoms with Crippen LogP contribution in [-0.2, 0) is 6.61 Å². The molecule has 0 aliphatic heterocycles. The summed E-state index contributed by atoms with van der Waals surface area (Å²) < 4.78 is 36.3. The van der Waals surface area contributed by atoms with Crippen LogP contribution in [0.15, 0.2) is 36.4 Å². The third-order valence-electron chi connectivity index (χ3n) is 2.80. The van der Waals surface area contributed by atoms with Crippen molar-refractivity contribution in [2.45, 2.75) is 6.61 Å². The second kappa shape index (κ2) is 6.21. The monoisotopic (exact) mass is 294 g/mol. The molecule has 2 aromatic carbocycles. The average Bonchev–Trinajstić information content (AvgIpc) is 2.48. The molecule has 21 heavy (non-hydrogen) atoms. The van der Waals surface area contributed by atoms with E-state index in [0.29, 0.717) is 11.3 Å². The highest BCUT2D eigenvalue weighted by Gasteiger charge is 2.13. The third kappa shape index (κ3) is 3.47. The maximum Gasteiger partial charge on any atom is 0.339 e. The van der Waals surface area contributed by atoms with E-state index in [0.717, 1.165) is 12.1 Å². The molecule has 0 aliphatic carbocycles. The normalized spacial score (nSPS) is 10.2.